The number of hydrogen-bond acceptors (Lipinski definition) is 3. The molecule has 0 aromatic rings. The van der Waals surface area contributed by atoms with E-state index in [0.29, 0.717) is 6.42 Å². The predicted octanol–water partition coefficient (Wildman–Crippen LogP) is 5.31. The van der Waals surface area contributed by atoms with Crippen molar-refractivity contribution in [2.45, 2.75) is 116 Å². The van der Waals surface area contributed by atoms with Crippen molar-refractivity contribution in [2.75, 3.05) is 0 Å². The fourth-order valence-corrected chi connectivity index (χ4v) is 2.97. The molecule has 0 saturated carbocycles. The first-order valence-corrected chi connectivity index (χ1v) is 10.6. The second-order valence-electron chi connectivity index (χ2n) is 7.13. The quantitative estimate of drug-likeness (QED) is 0.271. The number of amides is 2. The van der Waals surface area contributed by atoms with Crippen molar-refractivity contribution in [3.8, 4) is 6.07 Å². The number of nitrogens with zero attached hydrogens (tertiary/aromatic N) is 1. The minimum absolute atomic E-state index is 0.189. The van der Waals surface area contributed by atoms with E-state index in [4.69, 9.17) is 5.26 Å². The van der Waals surface area contributed by atoms with E-state index in [1.54, 1.807) is 6.07 Å². The Kier molecular flexibility index (Phi) is 18.6. The number of nitrogens with one attached hydrogen (secondary N) is 2. The average molecular weight is 366 g/mol. The largest absolute Gasteiger partial charge is 0.273 e. The summed E-state index contributed by atoms with van der Waals surface area (Å²) in [5, 5.41) is 8.33. The number of hydrogen-bond donors (Lipinski definition) is 2. The highest BCUT2D eigenvalue weighted by Crippen LogP contribution is 2.13. The van der Waals surface area contributed by atoms with E-state index in [2.05, 4.69) is 17.8 Å². The Balaban J connectivity index is 3.18. The Morgan fingerprint density at radius 2 is 1.04 bits per heavy atom. The topological polar surface area (TPSA) is 82.0 Å². The molecule has 0 unspecified atom stereocenters. The van der Waals surface area contributed by atoms with Gasteiger partial charge in [-0.1, -0.05) is 96.8 Å². The molecule has 5 heteroatoms. The zero-order valence-electron chi connectivity index (χ0n) is 16.8. The molecule has 2 amide bonds. The van der Waals surface area contributed by atoms with E-state index < -0.39 is 5.91 Å². The summed E-state index contributed by atoms with van der Waals surface area (Å²) >= 11 is 0. The van der Waals surface area contributed by atoms with Crippen LogP contribution < -0.4 is 10.9 Å². The molecule has 2 N–H and O–H groups in total. The van der Waals surface area contributed by atoms with Crippen LogP contribution in [0.15, 0.2) is 0 Å². The molecule has 0 radical (unpaired) electrons. The number of carbonyl (C=O) groups excluding carboxylic acids is 2. The van der Waals surface area contributed by atoms with Gasteiger partial charge in [-0.3, -0.25) is 20.4 Å². The minimum atomic E-state index is -0.475. The fraction of sp³-hybridized carbons (Fsp3) is 0.857. The van der Waals surface area contributed by atoms with Crippen LogP contribution in [0.3, 0.4) is 0 Å². The number of nitriles is 1. The SMILES string of the molecule is CCCCCCCCCCCCCCCCCC(=O)NNC(=O)CC#N. The third-order valence-electron chi connectivity index (χ3n) is 4.59. The summed E-state index contributed by atoms with van der Waals surface area (Å²) in [5.41, 5.74) is 4.55. The maximum atomic E-state index is 11.5. The summed E-state index contributed by atoms with van der Waals surface area (Å²) in [6.45, 7) is 2.26. The summed E-state index contributed by atoms with van der Waals surface area (Å²) < 4.78 is 0. The zero-order valence-corrected chi connectivity index (χ0v) is 16.8. The number of carbonyl (C=O) groups is 2. The summed E-state index contributed by atoms with van der Waals surface area (Å²) in [4.78, 5) is 22.5. The maximum Gasteiger partial charge on any atom is 0.252 e. The Labute approximate surface area is 160 Å². The van der Waals surface area contributed by atoms with E-state index in [9.17, 15) is 9.59 Å². The molecule has 0 aliphatic carbocycles. The molecule has 0 aromatic carbocycles. The van der Waals surface area contributed by atoms with Gasteiger partial charge in [0.25, 0.3) is 5.91 Å². The first kappa shape index (κ1) is 24.4. The van der Waals surface area contributed by atoms with Crippen molar-refractivity contribution in [3.05, 3.63) is 0 Å². The molecular weight excluding hydrogens is 326 g/mol. The first-order chi connectivity index (χ1) is 12.7. The third kappa shape index (κ3) is 18.8. The molecule has 26 heavy (non-hydrogen) atoms. The molecule has 5 nitrogen and oxygen atoms in total. The molecule has 150 valence electrons. The fourth-order valence-electron chi connectivity index (χ4n) is 2.97. The highest BCUT2D eigenvalue weighted by molar-refractivity contribution is 5.82. The van der Waals surface area contributed by atoms with Crippen molar-refractivity contribution in [3.63, 3.8) is 0 Å². The van der Waals surface area contributed by atoms with Crippen molar-refractivity contribution in [1.82, 2.24) is 10.9 Å². The van der Waals surface area contributed by atoms with Crippen LogP contribution in [0, 0.1) is 11.3 Å². The van der Waals surface area contributed by atoms with Crippen LogP contribution in [0.1, 0.15) is 116 Å². The van der Waals surface area contributed by atoms with Gasteiger partial charge in [0, 0.05) is 6.42 Å². The molecule has 0 spiro atoms. The van der Waals surface area contributed by atoms with Crippen LogP contribution in [0.5, 0.6) is 0 Å². The maximum absolute atomic E-state index is 11.5. The van der Waals surface area contributed by atoms with Crippen LogP contribution in [0.25, 0.3) is 0 Å². The van der Waals surface area contributed by atoms with Gasteiger partial charge in [-0.2, -0.15) is 5.26 Å². The van der Waals surface area contributed by atoms with Gasteiger partial charge in [0.2, 0.25) is 5.91 Å². The molecule has 0 fully saturated rings. The second kappa shape index (κ2) is 19.8. The molecule has 0 aromatic heterocycles. The minimum Gasteiger partial charge on any atom is -0.273 e. The molecule has 0 aliphatic rings. The zero-order chi connectivity index (χ0) is 19.3. The lowest BCUT2D eigenvalue weighted by atomic mass is 10.0. The van der Waals surface area contributed by atoms with Crippen LogP contribution in [0.4, 0.5) is 0 Å². The monoisotopic (exact) mass is 365 g/mol. The van der Waals surface area contributed by atoms with Crippen molar-refractivity contribution in [1.29, 1.82) is 5.26 Å². The van der Waals surface area contributed by atoms with Gasteiger partial charge in [0.05, 0.1) is 6.07 Å². The number of unbranched alkanes of at least 4 members (excludes halogenated alkanes) is 14. The average Bonchev–Trinajstić information content (AvgIpc) is 2.63. The summed E-state index contributed by atoms with van der Waals surface area (Å²) in [6.07, 6.45) is 19.6. The molecule has 0 atom stereocenters. The lowest BCUT2D eigenvalue weighted by molar-refractivity contribution is -0.128. The van der Waals surface area contributed by atoms with Gasteiger partial charge in [0.15, 0.2) is 0 Å². The summed E-state index contributed by atoms with van der Waals surface area (Å²) in [5.74, 6) is -0.664. The Hall–Kier alpha value is -1.57. The predicted molar refractivity (Wildman–Crippen MR) is 106 cm³/mol. The van der Waals surface area contributed by atoms with Crippen LogP contribution in [-0.4, -0.2) is 11.8 Å². The normalized spacial score (nSPS) is 10.3. The Morgan fingerprint density at radius 1 is 0.654 bits per heavy atom. The summed E-state index contributed by atoms with van der Waals surface area (Å²) in [6, 6.07) is 1.73. The third-order valence-corrected chi connectivity index (χ3v) is 4.59. The van der Waals surface area contributed by atoms with Crippen molar-refractivity contribution < 1.29 is 9.59 Å². The van der Waals surface area contributed by atoms with Crippen LogP contribution in [0.2, 0.25) is 0 Å². The van der Waals surface area contributed by atoms with E-state index in [-0.39, 0.29) is 12.3 Å². The lowest BCUT2D eigenvalue weighted by Gasteiger charge is -2.05. The molecule has 0 rings (SSSR count). The van der Waals surface area contributed by atoms with Crippen molar-refractivity contribution >= 4 is 11.8 Å². The standard InChI is InChI=1S/C21H39N3O2/c1-2-3-4-5-6-7-8-9-10-11-12-13-14-15-16-17-20(25)23-24-21(26)18-19-22/h2-18H2,1H3,(H,23,25)(H,24,26). The summed E-state index contributed by atoms with van der Waals surface area (Å²) in [7, 11) is 0. The van der Waals surface area contributed by atoms with E-state index in [1.165, 1.54) is 83.5 Å². The van der Waals surface area contributed by atoms with Crippen molar-refractivity contribution in [2.24, 2.45) is 0 Å². The van der Waals surface area contributed by atoms with Gasteiger partial charge in [-0.25, -0.2) is 0 Å². The lowest BCUT2D eigenvalue weighted by Crippen LogP contribution is -2.41. The van der Waals surface area contributed by atoms with Crippen LogP contribution >= 0.6 is 0 Å². The molecule has 0 heterocycles. The van der Waals surface area contributed by atoms with Gasteiger partial charge in [0.1, 0.15) is 6.42 Å². The van der Waals surface area contributed by atoms with Gasteiger partial charge < -0.3 is 0 Å². The number of rotatable bonds is 17. The molecule has 0 saturated heterocycles. The van der Waals surface area contributed by atoms with Gasteiger partial charge in [-0.15, -0.1) is 0 Å². The smallest absolute Gasteiger partial charge is 0.252 e. The van der Waals surface area contributed by atoms with E-state index in [1.807, 2.05) is 0 Å². The Bertz CT molecular complexity index is 391. The second-order valence-corrected chi connectivity index (χ2v) is 7.13. The van der Waals surface area contributed by atoms with E-state index in [0.717, 1.165) is 12.8 Å². The van der Waals surface area contributed by atoms with Gasteiger partial charge >= 0.3 is 0 Å². The highest BCUT2D eigenvalue weighted by atomic mass is 16.2. The first-order valence-electron chi connectivity index (χ1n) is 10.6. The molecule has 0 bridgehead atoms. The van der Waals surface area contributed by atoms with Crippen LogP contribution in [-0.2, 0) is 9.59 Å². The highest BCUT2D eigenvalue weighted by Gasteiger charge is 2.03. The molecular formula is C21H39N3O2. The molecule has 0 aliphatic heterocycles. The van der Waals surface area contributed by atoms with Gasteiger partial charge in [-0.05, 0) is 6.42 Å². The Morgan fingerprint density at radius 3 is 1.46 bits per heavy atom. The number of hydrazine groups is 1. The van der Waals surface area contributed by atoms with E-state index >= 15 is 0 Å².